The van der Waals surface area contributed by atoms with Crippen molar-refractivity contribution in [3.63, 3.8) is 0 Å². The Morgan fingerprint density at radius 2 is 1.78 bits per heavy atom. The third kappa shape index (κ3) is 3.30. The van der Waals surface area contributed by atoms with Crippen molar-refractivity contribution >= 4 is 0 Å². The molecule has 0 saturated carbocycles. The zero-order valence-corrected chi connectivity index (χ0v) is 15.6. The molecule has 1 aliphatic rings. The Morgan fingerprint density at radius 1 is 1.13 bits per heavy atom. The van der Waals surface area contributed by atoms with Crippen LogP contribution < -0.4 is 0 Å². The van der Waals surface area contributed by atoms with E-state index in [0.717, 1.165) is 13.0 Å². The van der Waals surface area contributed by atoms with Gasteiger partial charge in [0.15, 0.2) is 0 Å². The quantitative estimate of drug-likeness (QED) is 0.584. The van der Waals surface area contributed by atoms with Crippen LogP contribution in [0.25, 0.3) is 0 Å². The first-order valence-electron chi connectivity index (χ1n) is 9.09. The Balaban J connectivity index is 2.50. The van der Waals surface area contributed by atoms with Gasteiger partial charge in [0.25, 0.3) is 0 Å². The van der Waals surface area contributed by atoms with Crippen molar-refractivity contribution in [2.45, 2.75) is 72.0 Å². The van der Waals surface area contributed by atoms with E-state index in [4.69, 9.17) is 0 Å². The number of hydrogen-bond acceptors (Lipinski definition) is 1. The monoisotopic (exact) mass is 311 g/mol. The normalized spacial score (nSPS) is 28.9. The van der Waals surface area contributed by atoms with Crippen molar-refractivity contribution in [3.05, 3.63) is 59.7 Å². The van der Waals surface area contributed by atoms with Crippen molar-refractivity contribution < 1.29 is 0 Å². The predicted molar refractivity (Wildman–Crippen MR) is 101 cm³/mol. The summed E-state index contributed by atoms with van der Waals surface area (Å²) < 4.78 is 0. The van der Waals surface area contributed by atoms with E-state index in [1.165, 1.54) is 18.4 Å². The van der Waals surface area contributed by atoms with Gasteiger partial charge in [0, 0.05) is 18.1 Å². The molecular weight excluding hydrogens is 278 g/mol. The Morgan fingerprint density at radius 3 is 2.30 bits per heavy atom. The summed E-state index contributed by atoms with van der Waals surface area (Å²) in [5.41, 5.74) is 4.63. The van der Waals surface area contributed by atoms with Crippen LogP contribution in [-0.2, 0) is 6.54 Å². The minimum Gasteiger partial charge on any atom is -0.286 e. The van der Waals surface area contributed by atoms with E-state index >= 15 is 0 Å². The molecule has 0 amide bonds. The molecule has 2 rings (SSSR count). The molecule has 126 valence electrons. The second kappa shape index (κ2) is 7.49. The summed E-state index contributed by atoms with van der Waals surface area (Å²) in [5, 5.41) is 0. The van der Waals surface area contributed by atoms with Crippen LogP contribution in [-0.4, -0.2) is 16.5 Å². The maximum Gasteiger partial charge on any atom is 0.0433 e. The molecular formula is C22H33N. The van der Waals surface area contributed by atoms with Gasteiger partial charge >= 0.3 is 0 Å². The van der Waals surface area contributed by atoms with Gasteiger partial charge in [0.1, 0.15) is 0 Å². The Labute approximate surface area is 143 Å². The average molecular weight is 312 g/mol. The van der Waals surface area contributed by atoms with Crippen LogP contribution in [0.1, 0.15) is 59.4 Å². The largest absolute Gasteiger partial charge is 0.286 e. The fraction of sp³-hybridized carbons (Fsp3) is 0.545. The lowest BCUT2D eigenvalue weighted by Crippen LogP contribution is -2.57. The first kappa shape index (κ1) is 18.0. The van der Waals surface area contributed by atoms with E-state index in [9.17, 15) is 0 Å². The highest BCUT2D eigenvalue weighted by Crippen LogP contribution is 2.44. The van der Waals surface area contributed by atoms with E-state index in [1.54, 1.807) is 11.1 Å². The van der Waals surface area contributed by atoms with Crippen molar-refractivity contribution in [1.29, 1.82) is 0 Å². The topological polar surface area (TPSA) is 3.24 Å². The number of benzene rings is 1. The van der Waals surface area contributed by atoms with E-state index in [0.29, 0.717) is 12.0 Å². The lowest BCUT2D eigenvalue weighted by molar-refractivity contribution is 0.0289. The molecule has 0 spiro atoms. The Bertz CT molecular complexity index is 557. The first-order chi connectivity index (χ1) is 11.0. The average Bonchev–Trinajstić information content (AvgIpc) is 2.56. The Kier molecular flexibility index (Phi) is 5.86. The highest BCUT2D eigenvalue weighted by molar-refractivity contribution is 5.32. The molecule has 1 heteroatoms. The van der Waals surface area contributed by atoms with E-state index in [2.05, 4.69) is 82.5 Å². The molecule has 1 aromatic carbocycles. The molecule has 1 aliphatic heterocycles. The van der Waals surface area contributed by atoms with Crippen LogP contribution in [0.4, 0.5) is 0 Å². The van der Waals surface area contributed by atoms with Gasteiger partial charge in [-0.15, -0.1) is 6.58 Å². The van der Waals surface area contributed by atoms with E-state index in [1.807, 2.05) is 0 Å². The summed E-state index contributed by atoms with van der Waals surface area (Å²) in [6, 6.07) is 11.5. The zero-order valence-electron chi connectivity index (χ0n) is 15.6. The van der Waals surface area contributed by atoms with E-state index in [-0.39, 0.29) is 5.54 Å². The molecule has 0 bridgehead atoms. The standard InChI is InChI=1S/C22H33N/c1-7-15-22(6)18(5)17(4)20(8-2)21(9-3)23(22)16-19-13-11-10-12-14-19/h7,10-14,20-21H,1,8-9,15-16H2,2-6H3/t20-,21+,22-/m1/s1. The van der Waals surface area contributed by atoms with Crippen LogP contribution in [0.3, 0.4) is 0 Å². The minimum absolute atomic E-state index is 0.0774. The SMILES string of the molecule is C=CC[C@]1(C)C(C)=C(C)[C@@H](CC)[C@H](CC)N1Cc1ccccc1. The summed E-state index contributed by atoms with van der Waals surface area (Å²) in [4.78, 5) is 2.75. The van der Waals surface area contributed by atoms with Crippen molar-refractivity contribution in [2.75, 3.05) is 0 Å². The van der Waals surface area contributed by atoms with Crippen molar-refractivity contribution in [1.82, 2.24) is 4.90 Å². The predicted octanol–water partition coefficient (Wildman–Crippen LogP) is 5.98. The van der Waals surface area contributed by atoms with Gasteiger partial charge < -0.3 is 0 Å². The first-order valence-corrected chi connectivity index (χ1v) is 9.09. The summed E-state index contributed by atoms with van der Waals surface area (Å²) >= 11 is 0. The van der Waals surface area contributed by atoms with Crippen molar-refractivity contribution in [3.8, 4) is 0 Å². The van der Waals surface area contributed by atoms with Crippen LogP contribution >= 0.6 is 0 Å². The molecule has 1 aromatic rings. The molecule has 0 fully saturated rings. The summed E-state index contributed by atoms with van der Waals surface area (Å²) in [7, 11) is 0. The molecule has 0 N–H and O–H groups in total. The number of nitrogens with zero attached hydrogens (tertiary/aromatic N) is 1. The number of hydrogen-bond donors (Lipinski definition) is 0. The molecule has 3 atom stereocenters. The van der Waals surface area contributed by atoms with Gasteiger partial charge in [-0.1, -0.05) is 61.4 Å². The fourth-order valence-corrected chi connectivity index (χ4v) is 4.50. The smallest absolute Gasteiger partial charge is 0.0433 e. The molecule has 0 saturated heterocycles. The maximum absolute atomic E-state index is 4.04. The Hall–Kier alpha value is -1.34. The van der Waals surface area contributed by atoms with Crippen molar-refractivity contribution in [2.24, 2.45) is 5.92 Å². The van der Waals surface area contributed by atoms with Gasteiger partial charge in [-0.05, 0) is 51.5 Å². The summed E-state index contributed by atoms with van der Waals surface area (Å²) in [5.74, 6) is 0.668. The lowest BCUT2D eigenvalue weighted by Gasteiger charge is -2.54. The minimum atomic E-state index is 0.0774. The molecule has 0 aromatic heterocycles. The van der Waals surface area contributed by atoms with E-state index < -0.39 is 0 Å². The second-order valence-corrected chi connectivity index (χ2v) is 7.18. The molecule has 0 unspecified atom stereocenters. The third-order valence-corrected chi connectivity index (χ3v) is 6.05. The molecule has 0 radical (unpaired) electrons. The second-order valence-electron chi connectivity index (χ2n) is 7.18. The van der Waals surface area contributed by atoms with Gasteiger partial charge in [0.05, 0.1) is 0 Å². The molecule has 0 aliphatic carbocycles. The molecule has 1 nitrogen and oxygen atoms in total. The van der Waals surface area contributed by atoms with Gasteiger partial charge in [-0.25, -0.2) is 0 Å². The highest BCUT2D eigenvalue weighted by atomic mass is 15.2. The van der Waals surface area contributed by atoms with Crippen LogP contribution in [0.5, 0.6) is 0 Å². The third-order valence-electron chi connectivity index (χ3n) is 6.05. The fourth-order valence-electron chi connectivity index (χ4n) is 4.50. The highest BCUT2D eigenvalue weighted by Gasteiger charge is 2.44. The molecule has 1 heterocycles. The van der Waals surface area contributed by atoms with Gasteiger partial charge in [-0.2, -0.15) is 0 Å². The maximum atomic E-state index is 4.04. The van der Waals surface area contributed by atoms with Crippen LogP contribution in [0.15, 0.2) is 54.1 Å². The van der Waals surface area contributed by atoms with Gasteiger partial charge in [0.2, 0.25) is 0 Å². The lowest BCUT2D eigenvalue weighted by atomic mass is 9.71. The summed E-state index contributed by atoms with van der Waals surface area (Å²) in [6.45, 7) is 16.8. The van der Waals surface area contributed by atoms with Crippen LogP contribution in [0, 0.1) is 5.92 Å². The van der Waals surface area contributed by atoms with Gasteiger partial charge in [-0.3, -0.25) is 4.90 Å². The zero-order chi connectivity index (χ0) is 17.0. The number of rotatable bonds is 6. The van der Waals surface area contributed by atoms with Crippen LogP contribution in [0.2, 0.25) is 0 Å². The molecule has 23 heavy (non-hydrogen) atoms. The summed E-state index contributed by atoms with van der Waals surface area (Å²) in [6.07, 6.45) is 5.52.